The third-order valence-electron chi connectivity index (χ3n) is 32.9. The smallest absolute Gasteiger partial charge is 0.0780 e. The molecule has 0 bridgehead atoms. The molecule has 4 aliphatic carbocycles. The number of fused-ring (bicyclic) bond motifs is 12. The van der Waals surface area contributed by atoms with Crippen LogP contribution in [-0.4, -0.2) is 257 Å². The minimum Gasteiger partial charge on any atom is -1.00 e. The van der Waals surface area contributed by atoms with E-state index in [1.54, 1.807) is 44.5 Å². The number of benzene rings is 9. The quantitative estimate of drug-likeness (QED) is 0.0263. The number of hydrogen-bond donors (Lipinski definition) is 0. The van der Waals surface area contributed by atoms with Gasteiger partial charge in [-0.05, 0) is 321 Å². The predicted octanol–water partition coefficient (Wildman–Crippen LogP) is 21.6. The van der Waals surface area contributed by atoms with Gasteiger partial charge in [-0.1, -0.05) is 266 Å². The summed E-state index contributed by atoms with van der Waals surface area (Å²) < 4.78 is 8.45. The molecule has 0 saturated carbocycles. The molecule has 0 atom stereocenters. The molecule has 0 amide bonds. The van der Waals surface area contributed by atoms with Crippen molar-refractivity contribution in [3.8, 4) is 77.9 Å². The molecule has 0 spiro atoms. The molecular formula is C132H208Br8N8+4. The number of hydrogen-bond acceptors (Lipinski definition) is 0. The van der Waals surface area contributed by atoms with Gasteiger partial charge in [0.25, 0.3) is 0 Å². The van der Waals surface area contributed by atoms with Crippen LogP contribution in [-0.2, 0) is 21.7 Å². The van der Waals surface area contributed by atoms with Gasteiger partial charge in [-0.15, -0.1) is 67.9 Å². The Hall–Kier alpha value is -3.50. The maximum Gasteiger partial charge on any atom is 0.0780 e. The molecule has 0 aliphatic heterocycles. The first-order valence-electron chi connectivity index (χ1n) is 56.7. The maximum absolute atomic E-state index is 2.71. The van der Waals surface area contributed by atoms with E-state index < -0.39 is 0 Å². The minimum absolute atomic E-state index is 0. The molecule has 9 aromatic rings. The average molecular weight is 2550 g/mol. The summed E-state index contributed by atoms with van der Waals surface area (Å²) >= 11 is 0. The highest BCUT2D eigenvalue weighted by Gasteiger charge is 2.48. The summed E-state index contributed by atoms with van der Waals surface area (Å²) in [7, 11) is 56.2. The van der Waals surface area contributed by atoms with Crippen molar-refractivity contribution >= 4 is 67.9 Å². The maximum atomic E-state index is 2.71. The summed E-state index contributed by atoms with van der Waals surface area (Å²) in [5.41, 5.74) is 35.8. The fraction of sp³-hybridized carbons (Fsp3) is 0.591. The van der Waals surface area contributed by atoms with E-state index in [0.717, 1.165) is 35.9 Å². The van der Waals surface area contributed by atoms with Gasteiger partial charge in [0.15, 0.2) is 0 Å². The van der Waals surface area contributed by atoms with Gasteiger partial charge in [-0.25, -0.2) is 0 Å². The van der Waals surface area contributed by atoms with E-state index in [1.165, 1.54) is 398 Å². The lowest BCUT2D eigenvalue weighted by molar-refractivity contribution is -0.870. The van der Waals surface area contributed by atoms with Crippen LogP contribution in [0.4, 0.5) is 0 Å². The molecular weight excluding hydrogens is 2340 g/mol. The van der Waals surface area contributed by atoms with Gasteiger partial charge in [0.1, 0.15) is 0 Å². The van der Waals surface area contributed by atoms with Crippen LogP contribution in [0.3, 0.4) is 0 Å². The first-order valence-corrected chi connectivity index (χ1v) is 56.7. The summed E-state index contributed by atoms with van der Waals surface area (Å²) in [4.78, 5) is 0. The van der Waals surface area contributed by atoms with E-state index in [4.69, 9.17) is 0 Å². The lowest BCUT2D eigenvalue weighted by atomic mass is 9.69. The van der Waals surface area contributed by atoms with Crippen LogP contribution in [0.5, 0.6) is 0 Å². The lowest BCUT2D eigenvalue weighted by Gasteiger charge is -2.34. The molecule has 0 fully saturated rings. The standard InChI is InChI=1S/C69H104N4.C63H100N4.8BrH/c1-55-34-36-56(37-35-55)57-38-41-62-63-43-40-59(54-67(63)69(66(62)52-57,46-26-16-20-30-50-72(8,9)10)47-27-17-21-31-51-73(11,12)13)58-39-42-61-60-32-22-23-33-64(60)68(65(61)53-58,44-24-14-18-28-48-70(2,3)4)45-25-15-19-29-49-71(5,6)7;1-51-34-37-55-57-39-36-53(50-61(57)63(59(55)48-51,42-26-16-20-30-46-66(8,9)10)43-27-17-21-31-47-67(11,12)13)52-35-38-56-54-32-22-23-33-58(54)62(60(56)49-52,40-24-14-18-28-44-64(2,3)4)41-25-15-19-29-45-65(5,6)7;;;;;;;;/h22-23,32-43,52-54H,14-21,24-31,44-51H2,1-13H3;22-23,32-39,48-50H,14-21,24-31,40-47H2,1-13H3;8*1H/q2*+4;;;;;;;;/p-4. The van der Waals surface area contributed by atoms with Gasteiger partial charge in [-0.2, -0.15) is 0 Å². The zero-order valence-corrected chi connectivity index (χ0v) is 111. The molecule has 148 heavy (non-hydrogen) atoms. The second-order valence-corrected chi connectivity index (χ2v) is 53.6. The normalized spacial score (nSPS) is 14.1. The molecule has 0 N–H and O–H groups in total. The van der Waals surface area contributed by atoms with Crippen LogP contribution < -0.4 is 67.9 Å². The zero-order valence-electron chi connectivity index (χ0n) is 98.0. The highest BCUT2D eigenvalue weighted by molar-refractivity contribution is 8.93. The minimum atomic E-state index is -0.0178. The summed E-state index contributed by atoms with van der Waals surface area (Å²) in [5, 5.41) is 0. The Morgan fingerprint density at radius 1 is 0.149 bits per heavy atom. The molecule has 0 saturated heterocycles. The Kier molecular flexibility index (Phi) is 56.4. The number of unbranched alkanes of at least 4 members (excludes halogenated alkanes) is 24. The van der Waals surface area contributed by atoms with Gasteiger partial charge < -0.3 is 104 Å². The third-order valence-corrected chi connectivity index (χ3v) is 32.9. The van der Waals surface area contributed by atoms with E-state index in [0.29, 0.717) is 0 Å². The first-order chi connectivity index (χ1) is 66.2. The van der Waals surface area contributed by atoms with Crippen molar-refractivity contribution < 1.29 is 104 Å². The van der Waals surface area contributed by atoms with Crippen molar-refractivity contribution in [2.24, 2.45) is 0 Å². The highest BCUT2D eigenvalue weighted by Crippen LogP contribution is 2.61. The predicted molar refractivity (Wildman–Crippen MR) is 653 cm³/mol. The van der Waals surface area contributed by atoms with Crippen molar-refractivity contribution in [1.29, 1.82) is 0 Å². The van der Waals surface area contributed by atoms with Gasteiger partial charge in [0.05, 0.1) is 222 Å². The number of aryl methyl sites for hydroxylation is 2. The van der Waals surface area contributed by atoms with Crippen LogP contribution in [0, 0.1) is 13.8 Å². The number of nitrogens with zero attached hydrogens (tertiary/aromatic N) is 8. The number of quaternary nitrogens is 8. The number of halogens is 8. The first kappa shape index (κ1) is 137. The van der Waals surface area contributed by atoms with Crippen LogP contribution in [0.2, 0.25) is 0 Å². The Morgan fingerprint density at radius 3 is 0.500 bits per heavy atom. The number of rotatable bonds is 59. The van der Waals surface area contributed by atoms with Gasteiger partial charge in [0.2, 0.25) is 0 Å². The summed E-state index contributed by atoms with van der Waals surface area (Å²) in [6.07, 6.45) is 51.7. The molecule has 0 unspecified atom stereocenters. The molecule has 9 aromatic carbocycles. The second-order valence-electron chi connectivity index (χ2n) is 53.6. The average Bonchev–Trinajstić information content (AvgIpc) is 1.57. The summed E-state index contributed by atoms with van der Waals surface area (Å²) in [6, 6.07) is 74.3. The van der Waals surface area contributed by atoms with Gasteiger partial charge >= 0.3 is 0 Å². The van der Waals surface area contributed by atoms with E-state index >= 15 is 0 Å². The lowest BCUT2D eigenvalue weighted by Crippen LogP contribution is -3.00. The van der Waals surface area contributed by atoms with Crippen LogP contribution >= 0.6 is 67.9 Å². The molecule has 8 nitrogen and oxygen atoms in total. The Morgan fingerprint density at radius 2 is 0.297 bits per heavy atom. The monoisotopic (exact) mass is 2540 g/mol. The molecule has 0 heterocycles. The van der Waals surface area contributed by atoms with Crippen LogP contribution in [0.1, 0.15) is 312 Å². The fourth-order valence-electron chi connectivity index (χ4n) is 25.2. The van der Waals surface area contributed by atoms with E-state index in [9.17, 15) is 0 Å². The third kappa shape index (κ3) is 39.0. The summed E-state index contributed by atoms with van der Waals surface area (Å²) in [5.74, 6) is 0. The second kappa shape index (κ2) is 61.0. The molecule has 13 rings (SSSR count). The van der Waals surface area contributed by atoms with Crippen molar-refractivity contribution in [2.45, 2.75) is 292 Å². The Bertz CT molecular complexity index is 5320. The van der Waals surface area contributed by atoms with Crippen molar-refractivity contribution in [2.75, 3.05) is 222 Å². The molecule has 828 valence electrons. The summed E-state index contributed by atoms with van der Waals surface area (Å²) in [6.45, 7) is 14.5. The zero-order chi connectivity index (χ0) is 101. The molecule has 0 aromatic heterocycles. The Balaban J connectivity index is 0.000000587. The van der Waals surface area contributed by atoms with Crippen LogP contribution in [0.15, 0.2) is 182 Å². The Labute approximate surface area is 991 Å². The largest absolute Gasteiger partial charge is 1.00 e. The molecule has 0 radical (unpaired) electrons. The van der Waals surface area contributed by atoms with Crippen molar-refractivity contribution in [3.05, 3.63) is 238 Å². The van der Waals surface area contributed by atoms with Crippen LogP contribution in [0.25, 0.3) is 77.9 Å². The van der Waals surface area contributed by atoms with Crippen molar-refractivity contribution in [3.63, 3.8) is 0 Å². The van der Waals surface area contributed by atoms with Gasteiger partial charge in [-0.3, -0.25) is 0 Å². The van der Waals surface area contributed by atoms with Crippen molar-refractivity contribution in [1.82, 2.24) is 0 Å². The van der Waals surface area contributed by atoms with E-state index in [-0.39, 0.29) is 158 Å². The topological polar surface area (TPSA) is 0 Å². The van der Waals surface area contributed by atoms with Gasteiger partial charge in [0, 0.05) is 21.7 Å². The highest BCUT2D eigenvalue weighted by atomic mass is 79.9. The van der Waals surface area contributed by atoms with E-state index in [2.05, 4.69) is 365 Å². The fourth-order valence-corrected chi connectivity index (χ4v) is 25.2. The SMILES string of the molecule is Br.Br.Br.Br.Cc1ccc(-c2ccc3c(c2)C(CCCCCC[N+](C)(C)C)(CCCCCC[N+](C)(C)C)c2cc(-c4ccc5c(c4)C(CCCCCC[N+](C)(C)C)(CCCCCC[N+](C)(C)C)c4ccccc4-5)ccc2-3)cc1.Cc1ccc2c(c1)C(CCCCCC[N+](C)(C)C)(CCCCCC[N+](C)(C)C)c1cc(-c3ccc4c(c3)C(CCCCCC[N+](C)(C)C)(CCCCCC[N+](C)(C)C)c3ccccc3-4)ccc1-2.[Br-].[Br-].[Br-].[Br-]. The molecule has 16 heteroatoms. The van der Waals surface area contributed by atoms with E-state index in [1.807, 2.05) is 0 Å². The molecule has 4 aliphatic rings.